The van der Waals surface area contributed by atoms with E-state index < -0.39 is 0 Å². The Morgan fingerprint density at radius 1 is 1.17 bits per heavy atom. The van der Waals surface area contributed by atoms with Gasteiger partial charge >= 0.3 is 0 Å². The number of methoxy groups -OCH3 is 1. The van der Waals surface area contributed by atoms with Crippen LogP contribution in [0.15, 0.2) is 48.5 Å². The van der Waals surface area contributed by atoms with Crippen molar-refractivity contribution in [1.82, 2.24) is 4.98 Å². The highest BCUT2D eigenvalue weighted by Crippen LogP contribution is 2.39. The van der Waals surface area contributed by atoms with Crippen LogP contribution < -0.4 is 15.4 Å². The van der Waals surface area contributed by atoms with E-state index in [1.54, 1.807) is 42.5 Å². The molecule has 0 radical (unpaired) electrons. The fraction of sp³-hybridized carbons (Fsp3) is 0.190. The van der Waals surface area contributed by atoms with E-state index in [9.17, 15) is 9.59 Å². The molecule has 2 aromatic carbocycles. The van der Waals surface area contributed by atoms with Crippen LogP contribution in [0.2, 0.25) is 5.02 Å². The molecule has 0 aliphatic heterocycles. The molecule has 2 amide bonds. The van der Waals surface area contributed by atoms with Gasteiger partial charge in [-0.1, -0.05) is 29.8 Å². The molecule has 0 spiro atoms. The molecule has 1 aliphatic carbocycles. The first-order valence-electron chi connectivity index (χ1n) is 9.05. The predicted molar refractivity (Wildman–Crippen MR) is 114 cm³/mol. The summed E-state index contributed by atoms with van der Waals surface area (Å²) in [6.45, 7) is 0. The van der Waals surface area contributed by atoms with Crippen LogP contribution in [-0.2, 0) is 11.2 Å². The Kier molecular flexibility index (Phi) is 5.51. The van der Waals surface area contributed by atoms with Gasteiger partial charge in [0, 0.05) is 15.5 Å². The summed E-state index contributed by atoms with van der Waals surface area (Å²) in [7, 11) is 1.54. The topological polar surface area (TPSA) is 80.3 Å². The van der Waals surface area contributed by atoms with E-state index in [0.717, 1.165) is 17.0 Å². The molecule has 148 valence electrons. The molecule has 6 nitrogen and oxygen atoms in total. The van der Waals surface area contributed by atoms with Crippen molar-refractivity contribution in [2.45, 2.75) is 18.8 Å². The minimum absolute atomic E-state index is 0.171. The van der Waals surface area contributed by atoms with Crippen LogP contribution in [0.1, 0.15) is 33.3 Å². The molecule has 8 heteroatoms. The standard InChI is InChI=1S/C21H18ClN3O3S/c1-28-16-9-7-13(22)11-15(16)23-20(27)14-8-10-17-18(14)24-21(29-17)25-19(26)12-5-3-2-4-6-12/h2-7,9,11,14H,8,10H2,1H3,(H,23,27)(H,24,25,26). The maximum Gasteiger partial charge on any atom is 0.257 e. The Hall–Kier alpha value is -2.90. The summed E-state index contributed by atoms with van der Waals surface area (Å²) in [6, 6.07) is 14.0. The Balaban J connectivity index is 1.49. The molecule has 1 aromatic heterocycles. The largest absolute Gasteiger partial charge is 0.495 e. The number of anilines is 2. The number of fused-ring (bicyclic) bond motifs is 1. The lowest BCUT2D eigenvalue weighted by Crippen LogP contribution is -2.20. The summed E-state index contributed by atoms with van der Waals surface area (Å²) in [5.74, 6) is -0.236. The smallest absolute Gasteiger partial charge is 0.257 e. The zero-order valence-corrected chi connectivity index (χ0v) is 17.1. The van der Waals surface area contributed by atoms with Gasteiger partial charge in [0.2, 0.25) is 5.91 Å². The SMILES string of the molecule is COc1ccc(Cl)cc1NC(=O)C1CCc2sc(NC(=O)c3ccccc3)nc21. The number of benzene rings is 2. The van der Waals surface area contributed by atoms with Crippen LogP contribution in [0.4, 0.5) is 10.8 Å². The number of carbonyl (C=O) groups is 2. The van der Waals surface area contributed by atoms with E-state index in [1.165, 1.54) is 18.4 Å². The van der Waals surface area contributed by atoms with Gasteiger partial charge in [0.1, 0.15) is 5.75 Å². The average molecular weight is 428 g/mol. The Labute approximate surface area is 176 Å². The number of thiazole rings is 1. The number of rotatable bonds is 5. The fourth-order valence-electron chi connectivity index (χ4n) is 3.29. The first kappa shape index (κ1) is 19.4. The third-order valence-corrected chi connectivity index (χ3v) is 5.99. The molecule has 2 N–H and O–H groups in total. The molecular formula is C21H18ClN3O3S. The quantitative estimate of drug-likeness (QED) is 0.617. The Morgan fingerprint density at radius 3 is 2.72 bits per heavy atom. The average Bonchev–Trinajstić information content (AvgIpc) is 3.29. The van der Waals surface area contributed by atoms with E-state index in [1.807, 2.05) is 6.07 Å². The second-order valence-corrected chi connectivity index (χ2v) is 8.09. The van der Waals surface area contributed by atoms with Gasteiger partial charge in [0.15, 0.2) is 5.13 Å². The number of nitrogens with zero attached hydrogens (tertiary/aromatic N) is 1. The van der Waals surface area contributed by atoms with Crippen molar-refractivity contribution >= 4 is 45.6 Å². The van der Waals surface area contributed by atoms with Crippen LogP contribution >= 0.6 is 22.9 Å². The Morgan fingerprint density at radius 2 is 1.97 bits per heavy atom. The summed E-state index contributed by atoms with van der Waals surface area (Å²) >= 11 is 7.46. The third-order valence-electron chi connectivity index (χ3n) is 4.71. The van der Waals surface area contributed by atoms with Crippen molar-refractivity contribution in [1.29, 1.82) is 0 Å². The van der Waals surface area contributed by atoms with Gasteiger partial charge in [-0.25, -0.2) is 4.98 Å². The molecule has 1 unspecified atom stereocenters. The van der Waals surface area contributed by atoms with Gasteiger partial charge in [0.25, 0.3) is 5.91 Å². The fourth-order valence-corrected chi connectivity index (χ4v) is 4.50. The van der Waals surface area contributed by atoms with Crippen molar-refractivity contribution < 1.29 is 14.3 Å². The van der Waals surface area contributed by atoms with Gasteiger partial charge < -0.3 is 10.1 Å². The highest BCUT2D eigenvalue weighted by atomic mass is 35.5. The van der Waals surface area contributed by atoms with Crippen molar-refractivity contribution in [2.75, 3.05) is 17.7 Å². The molecular weight excluding hydrogens is 410 g/mol. The molecule has 0 fully saturated rings. The minimum atomic E-state index is -0.382. The molecule has 1 aliphatic rings. The van der Waals surface area contributed by atoms with E-state index >= 15 is 0 Å². The van der Waals surface area contributed by atoms with E-state index in [-0.39, 0.29) is 17.7 Å². The first-order valence-corrected chi connectivity index (χ1v) is 10.2. The molecule has 0 bridgehead atoms. The molecule has 29 heavy (non-hydrogen) atoms. The van der Waals surface area contributed by atoms with Crippen LogP contribution in [0.3, 0.4) is 0 Å². The number of carbonyl (C=O) groups excluding carboxylic acids is 2. The second-order valence-electron chi connectivity index (χ2n) is 6.57. The monoisotopic (exact) mass is 427 g/mol. The summed E-state index contributed by atoms with van der Waals surface area (Å²) < 4.78 is 5.29. The molecule has 3 aromatic rings. The number of aromatic nitrogens is 1. The van der Waals surface area contributed by atoms with Crippen LogP contribution in [0.25, 0.3) is 0 Å². The van der Waals surface area contributed by atoms with Gasteiger partial charge in [-0.05, 0) is 43.2 Å². The summed E-state index contributed by atoms with van der Waals surface area (Å²) in [6.07, 6.45) is 1.43. The van der Waals surface area contributed by atoms with Gasteiger partial charge in [-0.2, -0.15) is 0 Å². The van der Waals surface area contributed by atoms with E-state index in [2.05, 4.69) is 15.6 Å². The molecule has 1 atom stereocenters. The maximum atomic E-state index is 12.9. The normalized spacial score (nSPS) is 14.9. The first-order chi connectivity index (χ1) is 14.0. The highest BCUT2D eigenvalue weighted by molar-refractivity contribution is 7.16. The Bertz CT molecular complexity index is 1070. The van der Waals surface area contributed by atoms with Crippen molar-refractivity contribution in [2.24, 2.45) is 0 Å². The van der Waals surface area contributed by atoms with Crippen LogP contribution in [0.5, 0.6) is 5.75 Å². The molecule has 4 rings (SSSR count). The zero-order valence-electron chi connectivity index (χ0n) is 15.6. The summed E-state index contributed by atoms with van der Waals surface area (Å²) in [5.41, 5.74) is 1.80. The maximum absolute atomic E-state index is 12.9. The van der Waals surface area contributed by atoms with Crippen LogP contribution in [0, 0.1) is 0 Å². The van der Waals surface area contributed by atoms with Gasteiger partial charge in [-0.3, -0.25) is 14.9 Å². The lowest BCUT2D eigenvalue weighted by molar-refractivity contribution is -0.117. The third kappa shape index (κ3) is 4.11. The van der Waals surface area contributed by atoms with E-state index in [4.69, 9.17) is 16.3 Å². The molecule has 0 saturated carbocycles. The van der Waals surface area contributed by atoms with Crippen molar-refractivity contribution in [3.63, 3.8) is 0 Å². The van der Waals surface area contributed by atoms with Crippen molar-refractivity contribution in [3.8, 4) is 5.75 Å². The zero-order chi connectivity index (χ0) is 20.4. The predicted octanol–water partition coefficient (Wildman–Crippen LogP) is 4.73. The summed E-state index contributed by atoms with van der Waals surface area (Å²) in [4.78, 5) is 30.8. The number of hydrogen-bond donors (Lipinski definition) is 2. The van der Waals surface area contributed by atoms with Crippen molar-refractivity contribution in [3.05, 3.63) is 69.7 Å². The second kappa shape index (κ2) is 8.23. The molecule has 1 heterocycles. The number of amides is 2. The minimum Gasteiger partial charge on any atom is -0.495 e. The molecule has 0 saturated heterocycles. The number of aryl methyl sites for hydroxylation is 1. The number of halogens is 1. The summed E-state index contributed by atoms with van der Waals surface area (Å²) in [5, 5.41) is 6.72. The van der Waals surface area contributed by atoms with Gasteiger partial charge in [0.05, 0.1) is 24.4 Å². The lowest BCUT2D eigenvalue weighted by Gasteiger charge is -2.14. The number of hydrogen-bond acceptors (Lipinski definition) is 5. The van der Waals surface area contributed by atoms with Gasteiger partial charge in [-0.15, -0.1) is 11.3 Å². The highest BCUT2D eigenvalue weighted by Gasteiger charge is 2.33. The van der Waals surface area contributed by atoms with E-state index in [0.29, 0.717) is 33.6 Å². The number of ether oxygens (including phenoxy) is 1. The van der Waals surface area contributed by atoms with Crippen LogP contribution in [-0.4, -0.2) is 23.9 Å². The number of nitrogens with one attached hydrogen (secondary N) is 2. The lowest BCUT2D eigenvalue weighted by atomic mass is 10.1.